The van der Waals surface area contributed by atoms with E-state index in [9.17, 15) is 0 Å². The Hall–Kier alpha value is -0.905. The molecule has 1 aromatic heterocycles. The average Bonchev–Trinajstić information content (AvgIpc) is 2.47. The summed E-state index contributed by atoms with van der Waals surface area (Å²) < 4.78 is 12.0. The Morgan fingerprint density at radius 3 is 2.22 bits per heavy atom. The van der Waals surface area contributed by atoms with E-state index in [1.54, 1.807) is 0 Å². The summed E-state index contributed by atoms with van der Waals surface area (Å²) in [5, 5.41) is 0. The van der Waals surface area contributed by atoms with Crippen LogP contribution in [0.15, 0.2) is 12.1 Å². The van der Waals surface area contributed by atoms with Crippen LogP contribution in [0.3, 0.4) is 0 Å². The van der Waals surface area contributed by atoms with E-state index in [0.717, 1.165) is 16.9 Å². The van der Waals surface area contributed by atoms with E-state index in [2.05, 4.69) is 4.98 Å². The molecule has 1 aliphatic rings. The third-order valence-corrected chi connectivity index (χ3v) is 3.85. The zero-order chi connectivity index (χ0) is 13.6. The lowest BCUT2D eigenvalue weighted by Crippen LogP contribution is -2.41. The Kier molecular flexibility index (Phi) is 3.26. The van der Waals surface area contributed by atoms with E-state index in [-0.39, 0.29) is 18.3 Å². The highest BCUT2D eigenvalue weighted by Gasteiger charge is 2.52. The van der Waals surface area contributed by atoms with Crippen molar-refractivity contribution in [3.8, 4) is 0 Å². The average molecular weight is 248 g/mol. The third kappa shape index (κ3) is 2.18. The van der Waals surface area contributed by atoms with Crippen molar-refractivity contribution in [3.05, 3.63) is 23.5 Å². The van der Waals surface area contributed by atoms with Gasteiger partial charge in [0.15, 0.2) is 0 Å². The minimum atomic E-state index is -0.387. The summed E-state index contributed by atoms with van der Waals surface area (Å²) in [5.74, 6) is 0. The molecule has 0 aliphatic carbocycles. The number of nitrogens with zero attached hydrogens (tertiary/aromatic N) is 1. The van der Waals surface area contributed by atoms with Crippen molar-refractivity contribution < 1.29 is 9.31 Å². The topological polar surface area (TPSA) is 57.4 Å². The molecule has 1 aromatic rings. The van der Waals surface area contributed by atoms with Crippen molar-refractivity contribution in [2.45, 2.75) is 52.4 Å². The minimum Gasteiger partial charge on any atom is -0.399 e. The molecule has 0 bridgehead atoms. The number of rotatable bonds is 2. The van der Waals surface area contributed by atoms with E-state index in [4.69, 9.17) is 15.0 Å². The largest absolute Gasteiger partial charge is 0.496 e. The molecule has 0 saturated carbocycles. The second-order valence-electron chi connectivity index (χ2n) is 5.78. The van der Waals surface area contributed by atoms with Gasteiger partial charge in [-0.2, -0.15) is 0 Å². The van der Waals surface area contributed by atoms with E-state index < -0.39 is 0 Å². The van der Waals surface area contributed by atoms with Crippen LogP contribution in [-0.2, 0) is 15.9 Å². The van der Waals surface area contributed by atoms with Gasteiger partial charge in [-0.05, 0) is 40.7 Å². The number of aromatic nitrogens is 1. The number of nitrogens with two attached hydrogens (primary N) is 1. The Morgan fingerprint density at radius 1 is 1.17 bits per heavy atom. The van der Waals surface area contributed by atoms with Crippen LogP contribution in [0.5, 0.6) is 0 Å². The molecule has 0 spiro atoms. The van der Waals surface area contributed by atoms with Gasteiger partial charge >= 0.3 is 7.12 Å². The van der Waals surface area contributed by atoms with E-state index in [0.29, 0.717) is 6.54 Å². The van der Waals surface area contributed by atoms with Crippen LogP contribution in [-0.4, -0.2) is 23.3 Å². The van der Waals surface area contributed by atoms with Crippen molar-refractivity contribution in [3.63, 3.8) is 0 Å². The zero-order valence-electron chi connectivity index (χ0n) is 11.8. The number of hydrogen-bond acceptors (Lipinski definition) is 4. The van der Waals surface area contributed by atoms with Gasteiger partial charge < -0.3 is 15.0 Å². The Morgan fingerprint density at radius 2 is 1.72 bits per heavy atom. The summed E-state index contributed by atoms with van der Waals surface area (Å²) in [4.78, 5) is 4.45. The summed E-state index contributed by atoms with van der Waals surface area (Å²) in [5.41, 5.74) is 7.80. The lowest BCUT2D eigenvalue weighted by Gasteiger charge is -2.32. The Labute approximate surface area is 109 Å². The number of hydrogen-bond donors (Lipinski definition) is 1. The van der Waals surface area contributed by atoms with E-state index in [1.165, 1.54) is 0 Å². The first-order valence-corrected chi connectivity index (χ1v) is 6.29. The van der Waals surface area contributed by atoms with Crippen LogP contribution in [0.4, 0.5) is 0 Å². The first-order chi connectivity index (χ1) is 8.27. The summed E-state index contributed by atoms with van der Waals surface area (Å²) in [6, 6.07) is 3.95. The molecule has 0 radical (unpaired) electrons. The predicted molar refractivity (Wildman–Crippen MR) is 72.6 cm³/mol. The van der Waals surface area contributed by atoms with Crippen LogP contribution in [0.25, 0.3) is 0 Å². The number of aryl methyl sites for hydroxylation is 1. The summed E-state index contributed by atoms with van der Waals surface area (Å²) in [7, 11) is -0.387. The lowest BCUT2D eigenvalue weighted by atomic mass is 9.77. The van der Waals surface area contributed by atoms with Gasteiger partial charge in [0.2, 0.25) is 0 Å². The first kappa shape index (κ1) is 13.5. The molecule has 1 aliphatic heterocycles. The summed E-state index contributed by atoms with van der Waals surface area (Å²) in [6.45, 7) is 10.5. The molecule has 18 heavy (non-hydrogen) atoms. The fourth-order valence-corrected chi connectivity index (χ4v) is 1.97. The molecule has 2 N–H and O–H groups in total. The van der Waals surface area contributed by atoms with Crippen molar-refractivity contribution in [1.29, 1.82) is 0 Å². The molecule has 1 saturated heterocycles. The molecule has 5 heteroatoms. The van der Waals surface area contributed by atoms with Crippen LogP contribution in [0.2, 0.25) is 0 Å². The molecule has 1 fully saturated rings. The van der Waals surface area contributed by atoms with Gasteiger partial charge in [-0.15, -0.1) is 0 Å². The maximum absolute atomic E-state index is 6.01. The molecular weight excluding hydrogens is 227 g/mol. The SMILES string of the molecule is Cc1ccc(B2OC(C)(C)C(C)(C)O2)c(CN)n1. The predicted octanol–water partition coefficient (Wildman–Crippen LogP) is 1.15. The molecule has 2 heterocycles. The maximum atomic E-state index is 6.01. The molecule has 4 nitrogen and oxygen atoms in total. The summed E-state index contributed by atoms with van der Waals surface area (Å²) in [6.07, 6.45) is 0. The van der Waals surface area contributed by atoms with Crippen LogP contribution < -0.4 is 11.2 Å². The maximum Gasteiger partial charge on any atom is 0.496 e. The monoisotopic (exact) mass is 248 g/mol. The van der Waals surface area contributed by atoms with Crippen molar-refractivity contribution in [1.82, 2.24) is 4.98 Å². The molecule has 98 valence electrons. The lowest BCUT2D eigenvalue weighted by molar-refractivity contribution is 0.00578. The first-order valence-electron chi connectivity index (χ1n) is 6.29. The molecule has 0 atom stereocenters. The Balaban J connectivity index is 2.35. The normalized spacial score (nSPS) is 21.3. The highest BCUT2D eigenvalue weighted by molar-refractivity contribution is 6.62. The second kappa shape index (κ2) is 4.33. The zero-order valence-corrected chi connectivity index (χ0v) is 11.8. The van der Waals surface area contributed by atoms with Gasteiger partial charge in [0, 0.05) is 17.7 Å². The van der Waals surface area contributed by atoms with Gasteiger partial charge in [0.1, 0.15) is 0 Å². The van der Waals surface area contributed by atoms with Gasteiger partial charge in [-0.25, -0.2) is 0 Å². The van der Waals surface area contributed by atoms with E-state index in [1.807, 2.05) is 46.8 Å². The highest BCUT2D eigenvalue weighted by atomic mass is 16.7. The third-order valence-electron chi connectivity index (χ3n) is 3.85. The Bertz CT molecular complexity index is 444. The second-order valence-corrected chi connectivity index (χ2v) is 5.78. The van der Waals surface area contributed by atoms with Crippen molar-refractivity contribution in [2.24, 2.45) is 5.73 Å². The van der Waals surface area contributed by atoms with Gasteiger partial charge in [0.25, 0.3) is 0 Å². The number of pyridine rings is 1. The van der Waals surface area contributed by atoms with Gasteiger partial charge in [0.05, 0.1) is 16.9 Å². The van der Waals surface area contributed by atoms with E-state index >= 15 is 0 Å². The van der Waals surface area contributed by atoms with Crippen molar-refractivity contribution >= 4 is 12.6 Å². The quantitative estimate of drug-likeness (QED) is 0.797. The summed E-state index contributed by atoms with van der Waals surface area (Å²) >= 11 is 0. The smallest absolute Gasteiger partial charge is 0.399 e. The standard InChI is InChI=1S/C13H21BN2O2/c1-9-6-7-10(11(8-15)16-9)14-17-12(2,3)13(4,5)18-14/h6-7H,8,15H2,1-5H3. The fraction of sp³-hybridized carbons (Fsp3) is 0.615. The van der Waals surface area contributed by atoms with Crippen molar-refractivity contribution in [2.75, 3.05) is 0 Å². The molecule has 2 rings (SSSR count). The minimum absolute atomic E-state index is 0.339. The van der Waals surface area contributed by atoms with Crippen LogP contribution in [0.1, 0.15) is 39.1 Å². The molecule has 0 unspecified atom stereocenters. The molecule has 0 amide bonds. The highest BCUT2D eigenvalue weighted by Crippen LogP contribution is 2.36. The molecule has 0 aromatic carbocycles. The van der Waals surface area contributed by atoms with Crippen LogP contribution in [0, 0.1) is 6.92 Å². The van der Waals surface area contributed by atoms with Crippen LogP contribution >= 0.6 is 0 Å². The van der Waals surface area contributed by atoms with Gasteiger partial charge in [-0.3, -0.25) is 4.98 Å². The fourth-order valence-electron chi connectivity index (χ4n) is 1.97. The van der Waals surface area contributed by atoms with Gasteiger partial charge in [-0.1, -0.05) is 6.07 Å². The molecular formula is C13H21BN2O2.